The molecule has 0 radical (unpaired) electrons. The van der Waals surface area contributed by atoms with Gasteiger partial charge < -0.3 is 15.3 Å². The number of aliphatic hydroxyl groups excluding tert-OH is 3. The Labute approximate surface area is 308 Å². The number of hydrogen-bond donors (Lipinski definition) is 3. The largest absolute Gasteiger partial charge is 0.507 e. The highest BCUT2D eigenvalue weighted by molar-refractivity contribution is 7.41. The Kier molecular flexibility index (Phi) is 11.4. The number of hydrogen-bond acceptors (Lipinski definition) is 6. The van der Waals surface area contributed by atoms with Crippen molar-refractivity contribution in [2.45, 2.75) is 59.9 Å². The highest BCUT2D eigenvalue weighted by Gasteiger charge is 2.36. The lowest BCUT2D eigenvalue weighted by Gasteiger charge is -2.34. The van der Waals surface area contributed by atoms with Crippen molar-refractivity contribution in [3.8, 4) is 0 Å². The SMILES string of the molecule is CC(C)=C1C(c2ccccc2)=C(O)C=CC1OP(OC1C=CC(O)=C(c2ccccc2)C1=C(C)C)OC1C=CC(O)=C(c2ccccc2)C1=C(C)C. The fourth-order valence-electron chi connectivity index (χ4n) is 6.86. The second kappa shape index (κ2) is 16.1. The number of aliphatic hydroxyl groups is 3. The molecule has 266 valence electrons. The van der Waals surface area contributed by atoms with Crippen LogP contribution in [0.15, 0.2) is 178 Å². The number of rotatable bonds is 9. The van der Waals surface area contributed by atoms with Gasteiger partial charge in [-0.05, 0) is 111 Å². The van der Waals surface area contributed by atoms with Gasteiger partial charge in [0.1, 0.15) is 35.6 Å². The van der Waals surface area contributed by atoms with Gasteiger partial charge in [-0.2, -0.15) is 0 Å². The topological polar surface area (TPSA) is 88.4 Å². The first-order valence-corrected chi connectivity index (χ1v) is 18.5. The second-order valence-corrected chi connectivity index (χ2v) is 14.6. The Balaban J connectivity index is 1.41. The minimum atomic E-state index is -2.16. The molecule has 0 aromatic heterocycles. The molecule has 3 aliphatic carbocycles. The summed E-state index contributed by atoms with van der Waals surface area (Å²) in [6.45, 7) is 12.0. The van der Waals surface area contributed by atoms with Crippen LogP contribution in [-0.2, 0) is 13.6 Å². The molecule has 3 aromatic rings. The van der Waals surface area contributed by atoms with Gasteiger partial charge in [-0.3, -0.25) is 13.6 Å². The van der Waals surface area contributed by atoms with E-state index in [1.165, 1.54) is 0 Å². The third-order valence-corrected chi connectivity index (χ3v) is 10.3. The molecule has 52 heavy (non-hydrogen) atoms. The van der Waals surface area contributed by atoms with Crippen LogP contribution < -0.4 is 0 Å². The van der Waals surface area contributed by atoms with E-state index in [1.54, 1.807) is 18.2 Å². The number of benzene rings is 3. The van der Waals surface area contributed by atoms with Crippen LogP contribution in [0.1, 0.15) is 58.2 Å². The molecule has 0 heterocycles. The molecule has 7 heteroatoms. The van der Waals surface area contributed by atoms with Crippen LogP contribution in [0.2, 0.25) is 0 Å². The van der Waals surface area contributed by atoms with Crippen molar-refractivity contribution in [1.29, 1.82) is 0 Å². The van der Waals surface area contributed by atoms with Crippen molar-refractivity contribution in [2.75, 3.05) is 0 Å². The predicted octanol–water partition coefficient (Wildman–Crippen LogP) is 12.0. The lowest BCUT2D eigenvalue weighted by Crippen LogP contribution is -2.25. The van der Waals surface area contributed by atoms with Crippen molar-refractivity contribution >= 4 is 25.3 Å². The molecule has 0 aliphatic heterocycles. The van der Waals surface area contributed by atoms with Crippen molar-refractivity contribution < 1.29 is 28.9 Å². The maximum absolute atomic E-state index is 11.2. The van der Waals surface area contributed by atoms with Gasteiger partial charge in [0.25, 0.3) is 0 Å². The van der Waals surface area contributed by atoms with Gasteiger partial charge in [0.05, 0.1) is 0 Å². The summed E-state index contributed by atoms with van der Waals surface area (Å²) < 4.78 is 20.8. The standard InChI is InChI=1S/C45H45O6P/c1-28(2)40-37(25-22-34(46)43(40)31-16-10-7-11-17-31)49-52(50-38-26-23-35(47)44(41(38)29(3)4)32-18-12-8-13-19-32)51-39-27-24-36(48)45(42(39)30(5)6)33-20-14-9-15-21-33/h7-27,37-39,46-48H,1-6H3. The lowest BCUT2D eigenvalue weighted by molar-refractivity contribution is 0.130. The van der Waals surface area contributed by atoms with Gasteiger partial charge in [0.15, 0.2) is 0 Å². The summed E-state index contributed by atoms with van der Waals surface area (Å²) in [6, 6.07) is 29.3. The van der Waals surface area contributed by atoms with Gasteiger partial charge in [-0.1, -0.05) is 108 Å². The Hall–Kier alpha value is -4.97. The molecule has 3 unspecified atom stereocenters. The molecule has 0 spiro atoms. The molecule has 6 rings (SSSR count). The van der Waals surface area contributed by atoms with Crippen LogP contribution in [0.5, 0.6) is 0 Å². The van der Waals surface area contributed by atoms with Gasteiger partial charge in [0.2, 0.25) is 0 Å². The van der Waals surface area contributed by atoms with Crippen LogP contribution in [-0.4, -0.2) is 33.6 Å². The fraction of sp³-hybridized carbons (Fsp3) is 0.200. The summed E-state index contributed by atoms with van der Waals surface area (Å²) in [4.78, 5) is 0. The van der Waals surface area contributed by atoms with Crippen LogP contribution in [0.4, 0.5) is 0 Å². The van der Waals surface area contributed by atoms with Crippen molar-refractivity contribution in [3.05, 3.63) is 195 Å². The first kappa shape index (κ1) is 36.8. The van der Waals surface area contributed by atoms with E-state index in [2.05, 4.69) is 0 Å². The minimum absolute atomic E-state index is 0.152. The van der Waals surface area contributed by atoms with Crippen molar-refractivity contribution in [2.24, 2.45) is 0 Å². The molecule has 0 saturated carbocycles. The van der Waals surface area contributed by atoms with Gasteiger partial charge >= 0.3 is 8.60 Å². The number of allylic oxidation sites excluding steroid dienone is 6. The van der Waals surface area contributed by atoms with Crippen LogP contribution in [0.3, 0.4) is 0 Å². The third-order valence-electron chi connectivity index (χ3n) is 9.12. The molecule has 3 aliphatic rings. The Morgan fingerprint density at radius 3 is 0.904 bits per heavy atom. The van der Waals surface area contributed by atoms with E-state index in [0.29, 0.717) is 16.7 Å². The molecule has 0 bridgehead atoms. The Bertz CT molecular complexity index is 1840. The summed E-state index contributed by atoms with van der Waals surface area (Å²) in [5.41, 5.74) is 10.0. The molecule has 0 fully saturated rings. The van der Waals surface area contributed by atoms with Gasteiger partial charge in [-0.15, -0.1) is 0 Å². The Morgan fingerprint density at radius 2 is 0.673 bits per heavy atom. The van der Waals surface area contributed by atoms with E-state index in [0.717, 1.165) is 50.1 Å². The molecule has 6 nitrogen and oxygen atoms in total. The third kappa shape index (κ3) is 7.77. The predicted molar refractivity (Wildman–Crippen MR) is 212 cm³/mol. The van der Waals surface area contributed by atoms with E-state index < -0.39 is 26.9 Å². The zero-order valence-corrected chi connectivity index (χ0v) is 31.3. The summed E-state index contributed by atoms with van der Waals surface area (Å²) in [5, 5.41) is 33.6. The summed E-state index contributed by atoms with van der Waals surface area (Å²) in [7, 11) is -2.16. The first-order chi connectivity index (χ1) is 25.0. The minimum Gasteiger partial charge on any atom is -0.507 e. The normalized spacial score (nSPS) is 20.9. The molecule has 0 saturated heterocycles. The van der Waals surface area contributed by atoms with Crippen LogP contribution in [0, 0.1) is 0 Å². The van der Waals surface area contributed by atoms with E-state index in [-0.39, 0.29) is 17.3 Å². The molecular formula is C45H45O6P. The highest BCUT2D eigenvalue weighted by Crippen LogP contribution is 2.53. The van der Waals surface area contributed by atoms with E-state index >= 15 is 0 Å². The Morgan fingerprint density at radius 1 is 0.423 bits per heavy atom. The van der Waals surface area contributed by atoms with Crippen LogP contribution in [0.25, 0.3) is 16.7 Å². The molecule has 3 atom stereocenters. The van der Waals surface area contributed by atoms with E-state index in [4.69, 9.17) is 13.6 Å². The van der Waals surface area contributed by atoms with Gasteiger partial charge in [0, 0.05) is 16.7 Å². The van der Waals surface area contributed by atoms with Gasteiger partial charge in [-0.25, -0.2) is 0 Å². The average Bonchev–Trinajstić information content (AvgIpc) is 3.14. The smallest absolute Gasteiger partial charge is 0.335 e. The maximum atomic E-state index is 11.2. The first-order valence-electron chi connectivity index (χ1n) is 17.4. The summed E-state index contributed by atoms with van der Waals surface area (Å²) >= 11 is 0. The van der Waals surface area contributed by atoms with Crippen molar-refractivity contribution in [1.82, 2.24) is 0 Å². The molecule has 3 aromatic carbocycles. The van der Waals surface area contributed by atoms with Crippen LogP contribution >= 0.6 is 8.60 Å². The highest BCUT2D eigenvalue weighted by atomic mass is 31.2. The van der Waals surface area contributed by atoms with E-state index in [9.17, 15) is 15.3 Å². The molecular weight excluding hydrogens is 667 g/mol. The fourth-order valence-corrected chi connectivity index (χ4v) is 8.09. The quantitative estimate of drug-likeness (QED) is 0.191. The zero-order chi connectivity index (χ0) is 36.9. The lowest BCUT2D eigenvalue weighted by atomic mass is 9.86. The van der Waals surface area contributed by atoms with E-state index in [1.807, 2.05) is 151 Å². The molecule has 0 amide bonds. The zero-order valence-electron chi connectivity index (χ0n) is 30.4. The summed E-state index contributed by atoms with van der Waals surface area (Å²) in [6.07, 6.45) is 8.61. The average molecular weight is 713 g/mol. The summed E-state index contributed by atoms with van der Waals surface area (Å²) in [5.74, 6) is 0.455. The molecule has 3 N–H and O–H groups in total. The maximum Gasteiger partial charge on any atom is 0.335 e. The van der Waals surface area contributed by atoms with Crippen molar-refractivity contribution in [3.63, 3.8) is 0 Å². The second-order valence-electron chi connectivity index (χ2n) is 13.5. The monoisotopic (exact) mass is 712 g/mol.